The van der Waals surface area contributed by atoms with Crippen LogP contribution in [-0.4, -0.2) is 29.5 Å². The van der Waals surface area contributed by atoms with Gasteiger partial charge in [0.2, 0.25) is 0 Å². The lowest BCUT2D eigenvalue weighted by Crippen LogP contribution is -2.05. The zero-order chi connectivity index (χ0) is 22.8. The number of imidazole rings is 1. The predicted molar refractivity (Wildman–Crippen MR) is 126 cm³/mol. The van der Waals surface area contributed by atoms with Crippen molar-refractivity contribution >= 4 is 11.3 Å². The van der Waals surface area contributed by atoms with Gasteiger partial charge in [0, 0.05) is 23.1 Å². The summed E-state index contributed by atoms with van der Waals surface area (Å²) in [6.45, 7) is 4.50. The number of aromatic amines is 1. The van der Waals surface area contributed by atoms with E-state index < -0.39 is 0 Å². The molecule has 33 heavy (non-hydrogen) atoms. The Bertz CT molecular complexity index is 1490. The minimum atomic E-state index is 0.478. The molecule has 0 aliphatic rings. The number of pyridine rings is 2. The van der Waals surface area contributed by atoms with Gasteiger partial charge in [-0.1, -0.05) is 19.1 Å². The molecule has 0 atom stereocenters. The number of aryl methyl sites for hydroxylation is 1. The van der Waals surface area contributed by atoms with E-state index in [4.69, 9.17) is 9.97 Å². The summed E-state index contributed by atoms with van der Waals surface area (Å²) in [6.07, 6.45) is 4.22. The van der Waals surface area contributed by atoms with Crippen molar-refractivity contribution in [3.63, 3.8) is 0 Å². The van der Waals surface area contributed by atoms with E-state index in [1.807, 2.05) is 68.6 Å². The summed E-state index contributed by atoms with van der Waals surface area (Å²) in [5.41, 5.74) is 7.71. The van der Waals surface area contributed by atoms with E-state index in [1.54, 1.807) is 4.52 Å². The molecule has 0 unspecified atom stereocenters. The third kappa shape index (κ3) is 3.92. The Kier molecular flexibility index (Phi) is 5.29. The summed E-state index contributed by atoms with van der Waals surface area (Å²) >= 11 is 0. The number of aromatic nitrogens is 6. The molecular formula is C25H22N8. The van der Waals surface area contributed by atoms with E-state index in [1.165, 1.54) is 6.33 Å². The topological polar surface area (TPSA) is 108 Å². The van der Waals surface area contributed by atoms with Crippen molar-refractivity contribution in [2.75, 3.05) is 5.32 Å². The summed E-state index contributed by atoms with van der Waals surface area (Å²) in [5, 5.41) is 17.1. The van der Waals surface area contributed by atoms with Crippen LogP contribution in [0.15, 0.2) is 61.1 Å². The van der Waals surface area contributed by atoms with E-state index in [0.717, 1.165) is 57.5 Å². The molecule has 0 saturated carbocycles. The number of hydrogen-bond acceptors (Lipinski definition) is 6. The molecule has 0 bridgehead atoms. The summed E-state index contributed by atoms with van der Waals surface area (Å²) in [4.78, 5) is 17.3. The van der Waals surface area contributed by atoms with E-state index >= 15 is 0 Å². The minimum absolute atomic E-state index is 0.478. The Morgan fingerprint density at radius 2 is 1.97 bits per heavy atom. The number of benzene rings is 1. The lowest BCUT2D eigenvalue weighted by molar-refractivity contribution is 0.960. The van der Waals surface area contributed by atoms with Crippen molar-refractivity contribution in [2.24, 2.45) is 0 Å². The molecule has 0 aliphatic carbocycles. The fourth-order valence-electron chi connectivity index (χ4n) is 3.96. The Morgan fingerprint density at radius 3 is 2.79 bits per heavy atom. The zero-order valence-corrected chi connectivity index (χ0v) is 18.4. The molecule has 5 aromatic rings. The molecule has 0 radical (unpaired) electrons. The molecule has 162 valence electrons. The van der Waals surface area contributed by atoms with E-state index in [0.29, 0.717) is 12.1 Å². The number of nitrogens with zero attached hydrogens (tertiary/aromatic N) is 6. The molecule has 0 aliphatic heterocycles. The largest absolute Gasteiger partial charge is 0.378 e. The molecule has 0 saturated heterocycles. The quantitative estimate of drug-likeness (QED) is 0.406. The standard InChI is InChI=1S/C25H22N8/c1-3-19-17(12-26)7-5-8-20(19)27-13-22-31-24(18-10-11-23-28-15-29-33(23)14-18)25(32-22)21-9-4-6-16(2)30-21/h4-11,14-15,27H,3,13H2,1-2H3,(H,31,32). The molecular weight excluding hydrogens is 412 g/mol. The van der Waals surface area contributed by atoms with Crippen LogP contribution in [0.3, 0.4) is 0 Å². The van der Waals surface area contributed by atoms with Crippen LogP contribution in [-0.2, 0) is 13.0 Å². The number of anilines is 1. The lowest BCUT2D eigenvalue weighted by atomic mass is 10.0. The van der Waals surface area contributed by atoms with Gasteiger partial charge in [0.05, 0.1) is 35.3 Å². The van der Waals surface area contributed by atoms with Crippen molar-refractivity contribution in [3.8, 4) is 28.7 Å². The third-order valence-corrected chi connectivity index (χ3v) is 5.54. The van der Waals surface area contributed by atoms with Crippen LogP contribution in [0, 0.1) is 18.3 Å². The first-order valence-corrected chi connectivity index (χ1v) is 10.7. The molecule has 0 amide bonds. The van der Waals surface area contributed by atoms with E-state index in [9.17, 15) is 5.26 Å². The number of nitriles is 1. The molecule has 2 N–H and O–H groups in total. The highest BCUT2D eigenvalue weighted by molar-refractivity contribution is 5.77. The highest BCUT2D eigenvalue weighted by Gasteiger charge is 2.17. The molecule has 8 nitrogen and oxygen atoms in total. The van der Waals surface area contributed by atoms with Crippen molar-refractivity contribution in [1.82, 2.24) is 29.5 Å². The first-order valence-electron chi connectivity index (χ1n) is 10.7. The van der Waals surface area contributed by atoms with Crippen LogP contribution >= 0.6 is 0 Å². The molecule has 4 aromatic heterocycles. The SMILES string of the molecule is CCc1c(C#N)cccc1NCc1nc(-c2ccc3ncnn3c2)c(-c2cccc(C)n2)[nH]1. The van der Waals surface area contributed by atoms with Crippen LogP contribution in [0.4, 0.5) is 5.69 Å². The number of hydrogen-bond donors (Lipinski definition) is 2. The van der Waals surface area contributed by atoms with Crippen molar-refractivity contribution in [1.29, 1.82) is 5.26 Å². The maximum absolute atomic E-state index is 9.42. The van der Waals surface area contributed by atoms with Crippen LogP contribution in [0.1, 0.15) is 29.6 Å². The molecule has 8 heteroatoms. The van der Waals surface area contributed by atoms with Crippen LogP contribution in [0.2, 0.25) is 0 Å². The molecule has 0 fully saturated rings. The first-order chi connectivity index (χ1) is 16.2. The van der Waals surface area contributed by atoms with Gasteiger partial charge in [0.25, 0.3) is 0 Å². The average molecular weight is 435 g/mol. The van der Waals surface area contributed by atoms with Gasteiger partial charge in [-0.25, -0.2) is 14.5 Å². The van der Waals surface area contributed by atoms with Gasteiger partial charge in [-0.15, -0.1) is 0 Å². The average Bonchev–Trinajstić information content (AvgIpc) is 3.49. The smallest absolute Gasteiger partial charge is 0.155 e. The second-order valence-electron chi connectivity index (χ2n) is 7.70. The van der Waals surface area contributed by atoms with Gasteiger partial charge in [-0.2, -0.15) is 10.4 Å². The van der Waals surface area contributed by atoms with Crippen molar-refractivity contribution in [2.45, 2.75) is 26.8 Å². The highest BCUT2D eigenvalue weighted by atomic mass is 15.3. The lowest BCUT2D eigenvalue weighted by Gasteiger charge is -2.11. The van der Waals surface area contributed by atoms with Crippen LogP contribution in [0.25, 0.3) is 28.3 Å². The predicted octanol–water partition coefficient (Wildman–Crippen LogP) is 4.54. The number of fused-ring (bicyclic) bond motifs is 1. The second-order valence-corrected chi connectivity index (χ2v) is 7.70. The highest BCUT2D eigenvalue weighted by Crippen LogP contribution is 2.30. The maximum atomic E-state index is 9.42. The number of rotatable bonds is 6. The third-order valence-electron chi connectivity index (χ3n) is 5.54. The van der Waals surface area contributed by atoms with Gasteiger partial charge in [-0.3, -0.25) is 4.98 Å². The maximum Gasteiger partial charge on any atom is 0.155 e. The van der Waals surface area contributed by atoms with E-state index in [2.05, 4.69) is 26.5 Å². The summed E-state index contributed by atoms with van der Waals surface area (Å²) in [5.74, 6) is 0.770. The number of H-pyrrole nitrogens is 1. The molecule has 5 rings (SSSR count). The second kappa shape index (κ2) is 8.55. The molecule has 4 heterocycles. The molecule has 1 aromatic carbocycles. The zero-order valence-electron chi connectivity index (χ0n) is 18.4. The fraction of sp³-hybridized carbons (Fsp3) is 0.160. The fourth-order valence-corrected chi connectivity index (χ4v) is 3.96. The Morgan fingerprint density at radius 1 is 1.09 bits per heavy atom. The van der Waals surface area contributed by atoms with Crippen LogP contribution in [0.5, 0.6) is 0 Å². The Labute approximate surface area is 191 Å². The molecule has 0 spiro atoms. The number of nitrogens with one attached hydrogen (secondary N) is 2. The summed E-state index contributed by atoms with van der Waals surface area (Å²) in [7, 11) is 0. The normalized spacial score (nSPS) is 10.9. The Balaban J connectivity index is 1.54. The van der Waals surface area contributed by atoms with Crippen molar-refractivity contribution < 1.29 is 0 Å². The van der Waals surface area contributed by atoms with Gasteiger partial charge < -0.3 is 10.3 Å². The first kappa shape index (κ1) is 20.4. The van der Waals surface area contributed by atoms with Crippen LogP contribution < -0.4 is 5.32 Å². The van der Waals surface area contributed by atoms with E-state index in [-0.39, 0.29) is 0 Å². The van der Waals surface area contributed by atoms with Gasteiger partial charge in [-0.05, 0) is 55.3 Å². The van der Waals surface area contributed by atoms with Gasteiger partial charge in [0.1, 0.15) is 12.2 Å². The Hall–Kier alpha value is -4.51. The van der Waals surface area contributed by atoms with Crippen molar-refractivity contribution in [3.05, 3.63) is 83.7 Å². The van der Waals surface area contributed by atoms with Gasteiger partial charge >= 0.3 is 0 Å². The summed E-state index contributed by atoms with van der Waals surface area (Å²) in [6, 6.07) is 17.8. The minimum Gasteiger partial charge on any atom is -0.378 e. The summed E-state index contributed by atoms with van der Waals surface area (Å²) < 4.78 is 1.73. The van der Waals surface area contributed by atoms with Gasteiger partial charge in [0.15, 0.2) is 5.65 Å². The monoisotopic (exact) mass is 434 g/mol.